The molecular weight excluding hydrogens is 436 g/mol. The van der Waals surface area contributed by atoms with Crippen molar-refractivity contribution >= 4 is 0 Å². The molecule has 0 aliphatic rings. The quantitative estimate of drug-likeness (QED) is 0.236. The SMILES string of the molecule is COc1ccc(CCc2cccc(Oc3cc(CCc4cccc(OC)c4)cc(OC)c3)c2)cc1. The number of hydrogen-bond donors (Lipinski definition) is 0. The molecule has 0 aromatic heterocycles. The van der Waals surface area contributed by atoms with Gasteiger partial charge in [-0.05, 0) is 96.5 Å². The van der Waals surface area contributed by atoms with Gasteiger partial charge in [-0.15, -0.1) is 0 Å². The fourth-order valence-electron chi connectivity index (χ4n) is 4.05. The molecule has 4 aromatic rings. The molecular formula is C31H32O4. The summed E-state index contributed by atoms with van der Waals surface area (Å²) in [6.45, 7) is 0. The first-order valence-electron chi connectivity index (χ1n) is 11.9. The summed E-state index contributed by atoms with van der Waals surface area (Å²) in [7, 11) is 5.07. The normalized spacial score (nSPS) is 10.6. The first-order chi connectivity index (χ1) is 17.1. The predicted molar refractivity (Wildman–Crippen MR) is 140 cm³/mol. The second kappa shape index (κ2) is 12.0. The van der Waals surface area contributed by atoms with Gasteiger partial charge in [-0.2, -0.15) is 0 Å². The van der Waals surface area contributed by atoms with E-state index in [1.54, 1.807) is 21.3 Å². The summed E-state index contributed by atoms with van der Waals surface area (Å²) in [6.07, 6.45) is 3.68. The second-order valence-electron chi connectivity index (χ2n) is 8.47. The minimum atomic E-state index is 0.775. The van der Waals surface area contributed by atoms with Gasteiger partial charge in [-0.25, -0.2) is 0 Å². The second-order valence-corrected chi connectivity index (χ2v) is 8.47. The molecule has 0 N–H and O–H groups in total. The zero-order valence-electron chi connectivity index (χ0n) is 20.6. The van der Waals surface area contributed by atoms with Crippen LogP contribution in [0.4, 0.5) is 0 Å². The zero-order valence-corrected chi connectivity index (χ0v) is 20.6. The van der Waals surface area contributed by atoms with Crippen molar-refractivity contribution in [2.24, 2.45) is 0 Å². The molecule has 4 aromatic carbocycles. The van der Waals surface area contributed by atoms with E-state index in [0.717, 1.165) is 60.0 Å². The third kappa shape index (κ3) is 7.03. The standard InChI is InChI=1S/C31H32O4/c1-32-27-16-14-23(15-17-27)10-11-25-7-5-9-29(19-25)35-31-21-26(20-30(22-31)34-3)13-12-24-6-4-8-28(18-24)33-2/h4-9,14-22H,10-13H2,1-3H3. The van der Waals surface area contributed by atoms with E-state index in [-0.39, 0.29) is 0 Å². The van der Waals surface area contributed by atoms with Crippen molar-refractivity contribution in [2.75, 3.05) is 21.3 Å². The fourth-order valence-corrected chi connectivity index (χ4v) is 4.05. The third-order valence-corrected chi connectivity index (χ3v) is 6.01. The van der Waals surface area contributed by atoms with Gasteiger partial charge in [-0.1, -0.05) is 36.4 Å². The Hall–Kier alpha value is -3.92. The van der Waals surface area contributed by atoms with Gasteiger partial charge >= 0.3 is 0 Å². The van der Waals surface area contributed by atoms with Crippen LogP contribution in [0.3, 0.4) is 0 Å². The van der Waals surface area contributed by atoms with Crippen LogP contribution >= 0.6 is 0 Å². The molecule has 0 atom stereocenters. The summed E-state index contributed by atoms with van der Waals surface area (Å²) in [5.41, 5.74) is 4.92. The number of aryl methyl sites for hydroxylation is 4. The topological polar surface area (TPSA) is 36.9 Å². The monoisotopic (exact) mass is 468 g/mol. The van der Waals surface area contributed by atoms with E-state index >= 15 is 0 Å². The smallest absolute Gasteiger partial charge is 0.131 e. The minimum Gasteiger partial charge on any atom is -0.497 e. The lowest BCUT2D eigenvalue weighted by Gasteiger charge is -2.12. The Bertz CT molecular complexity index is 1230. The average molecular weight is 469 g/mol. The van der Waals surface area contributed by atoms with E-state index in [1.807, 2.05) is 42.5 Å². The minimum absolute atomic E-state index is 0.775. The molecule has 0 radical (unpaired) electrons. The van der Waals surface area contributed by atoms with E-state index in [0.29, 0.717) is 0 Å². The zero-order chi connectivity index (χ0) is 24.5. The van der Waals surface area contributed by atoms with Gasteiger partial charge in [0.25, 0.3) is 0 Å². The summed E-state index contributed by atoms with van der Waals surface area (Å²) in [5, 5.41) is 0. The largest absolute Gasteiger partial charge is 0.497 e. The lowest BCUT2D eigenvalue weighted by Crippen LogP contribution is -1.96. The molecule has 0 saturated carbocycles. The highest BCUT2D eigenvalue weighted by Crippen LogP contribution is 2.29. The number of rotatable bonds is 11. The number of benzene rings is 4. The van der Waals surface area contributed by atoms with Crippen molar-refractivity contribution in [3.63, 3.8) is 0 Å². The van der Waals surface area contributed by atoms with Crippen LogP contribution in [0.15, 0.2) is 91.0 Å². The van der Waals surface area contributed by atoms with Gasteiger partial charge in [0.15, 0.2) is 0 Å². The molecule has 4 rings (SSSR count). The lowest BCUT2D eigenvalue weighted by molar-refractivity contribution is 0.408. The van der Waals surface area contributed by atoms with E-state index < -0.39 is 0 Å². The lowest BCUT2D eigenvalue weighted by atomic mass is 10.0. The summed E-state index contributed by atoms with van der Waals surface area (Å²) in [5.74, 6) is 4.15. The van der Waals surface area contributed by atoms with Gasteiger partial charge in [0.05, 0.1) is 21.3 Å². The molecule has 0 bridgehead atoms. The molecule has 0 heterocycles. The van der Waals surface area contributed by atoms with Crippen LogP contribution in [0.25, 0.3) is 0 Å². The molecule has 180 valence electrons. The Morgan fingerprint density at radius 3 is 1.57 bits per heavy atom. The highest BCUT2D eigenvalue weighted by atomic mass is 16.5. The highest BCUT2D eigenvalue weighted by Gasteiger charge is 2.07. The summed E-state index contributed by atoms with van der Waals surface area (Å²) >= 11 is 0. The van der Waals surface area contributed by atoms with E-state index in [9.17, 15) is 0 Å². The van der Waals surface area contributed by atoms with Gasteiger partial charge in [0, 0.05) is 6.07 Å². The molecule has 0 unspecified atom stereocenters. The van der Waals surface area contributed by atoms with Gasteiger partial charge in [-0.3, -0.25) is 0 Å². The number of ether oxygens (including phenoxy) is 4. The molecule has 0 aliphatic carbocycles. The van der Waals surface area contributed by atoms with Crippen LogP contribution < -0.4 is 18.9 Å². The third-order valence-electron chi connectivity index (χ3n) is 6.01. The average Bonchev–Trinajstić information content (AvgIpc) is 2.91. The van der Waals surface area contributed by atoms with E-state index in [4.69, 9.17) is 18.9 Å². The van der Waals surface area contributed by atoms with E-state index in [2.05, 4.69) is 48.5 Å². The molecule has 0 fully saturated rings. The van der Waals surface area contributed by atoms with Crippen LogP contribution in [-0.4, -0.2) is 21.3 Å². The van der Waals surface area contributed by atoms with Crippen molar-refractivity contribution in [3.05, 3.63) is 113 Å². The van der Waals surface area contributed by atoms with Crippen LogP contribution in [0, 0.1) is 0 Å². The molecule has 0 spiro atoms. The molecule has 4 heteroatoms. The molecule has 35 heavy (non-hydrogen) atoms. The number of hydrogen-bond acceptors (Lipinski definition) is 4. The van der Waals surface area contributed by atoms with Gasteiger partial charge in [0.2, 0.25) is 0 Å². The van der Waals surface area contributed by atoms with Crippen molar-refractivity contribution in [3.8, 4) is 28.7 Å². The first kappa shape index (κ1) is 24.2. The maximum absolute atomic E-state index is 6.26. The summed E-state index contributed by atoms with van der Waals surface area (Å²) in [6, 6.07) is 30.8. The Balaban J connectivity index is 1.42. The van der Waals surface area contributed by atoms with Gasteiger partial charge in [0.1, 0.15) is 28.7 Å². The summed E-state index contributed by atoms with van der Waals surface area (Å²) < 4.78 is 22.4. The Morgan fingerprint density at radius 1 is 0.400 bits per heavy atom. The summed E-state index contributed by atoms with van der Waals surface area (Å²) in [4.78, 5) is 0. The maximum Gasteiger partial charge on any atom is 0.131 e. The van der Waals surface area contributed by atoms with Crippen molar-refractivity contribution < 1.29 is 18.9 Å². The maximum atomic E-state index is 6.26. The van der Waals surface area contributed by atoms with Crippen LogP contribution in [0.1, 0.15) is 22.3 Å². The van der Waals surface area contributed by atoms with Crippen LogP contribution in [0.2, 0.25) is 0 Å². The molecule has 4 nitrogen and oxygen atoms in total. The number of methoxy groups -OCH3 is 3. The van der Waals surface area contributed by atoms with Gasteiger partial charge < -0.3 is 18.9 Å². The van der Waals surface area contributed by atoms with Crippen molar-refractivity contribution in [1.29, 1.82) is 0 Å². The predicted octanol–water partition coefficient (Wildman–Crippen LogP) is 7.08. The van der Waals surface area contributed by atoms with Crippen molar-refractivity contribution in [1.82, 2.24) is 0 Å². The van der Waals surface area contributed by atoms with Crippen molar-refractivity contribution in [2.45, 2.75) is 25.7 Å². The Morgan fingerprint density at radius 2 is 0.914 bits per heavy atom. The Labute approximate surface area is 208 Å². The van der Waals surface area contributed by atoms with Crippen LogP contribution in [0.5, 0.6) is 28.7 Å². The molecule has 0 aliphatic heterocycles. The highest BCUT2D eigenvalue weighted by molar-refractivity contribution is 5.42. The molecule has 0 saturated heterocycles. The molecule has 0 amide bonds. The Kier molecular flexibility index (Phi) is 8.29. The van der Waals surface area contributed by atoms with Crippen LogP contribution in [-0.2, 0) is 25.7 Å². The fraction of sp³-hybridized carbons (Fsp3) is 0.226. The first-order valence-corrected chi connectivity index (χ1v) is 11.9. The van der Waals surface area contributed by atoms with E-state index in [1.165, 1.54) is 16.7 Å².